The van der Waals surface area contributed by atoms with Gasteiger partial charge in [-0.1, -0.05) is 85.6 Å². The Morgan fingerprint density at radius 2 is 1.44 bits per heavy atom. The quantitative estimate of drug-likeness (QED) is 0.208. The number of carbonyl (C=O) groups is 2. The molecule has 1 N–H and O–H groups in total. The number of nitrogens with one attached hydrogen (secondary N) is 1. The van der Waals surface area contributed by atoms with Crippen molar-refractivity contribution in [1.82, 2.24) is 10.2 Å². The van der Waals surface area contributed by atoms with Gasteiger partial charge in [-0.2, -0.15) is 0 Å². The molecule has 7 nitrogen and oxygen atoms in total. The summed E-state index contributed by atoms with van der Waals surface area (Å²) in [7, 11) is -4.24. The molecule has 0 unspecified atom stereocenters. The molecule has 0 aliphatic heterocycles. The largest absolute Gasteiger partial charge is 0.352 e. The van der Waals surface area contributed by atoms with Gasteiger partial charge in [-0.05, 0) is 72.9 Å². The van der Waals surface area contributed by atoms with E-state index in [1.807, 2.05) is 61.5 Å². The SMILES string of the molecule is Cc1ccccc1CN(C(=O)CN(c1ccc(F)cc1)S(=O)(=O)c1ccccc1)[C@H](Cc1ccccc1)C(=O)NC1CCCC1. The molecule has 5 rings (SSSR count). The molecule has 9 heteroatoms. The summed E-state index contributed by atoms with van der Waals surface area (Å²) in [6.07, 6.45) is 4.07. The van der Waals surface area contributed by atoms with Crippen LogP contribution in [0.15, 0.2) is 114 Å². The molecule has 1 aliphatic carbocycles. The number of hydrogen-bond acceptors (Lipinski definition) is 4. The number of aryl methyl sites for hydroxylation is 1. The Balaban J connectivity index is 1.56. The first-order chi connectivity index (χ1) is 21.7. The van der Waals surface area contributed by atoms with E-state index < -0.39 is 34.3 Å². The highest BCUT2D eigenvalue weighted by atomic mass is 32.2. The number of rotatable bonds is 12. The zero-order valence-electron chi connectivity index (χ0n) is 25.3. The molecular weight excluding hydrogens is 589 g/mol. The van der Waals surface area contributed by atoms with E-state index in [1.54, 1.807) is 18.2 Å². The van der Waals surface area contributed by atoms with E-state index in [4.69, 9.17) is 0 Å². The minimum Gasteiger partial charge on any atom is -0.352 e. The van der Waals surface area contributed by atoms with Gasteiger partial charge in [-0.25, -0.2) is 12.8 Å². The molecule has 0 bridgehead atoms. The van der Waals surface area contributed by atoms with Crippen LogP contribution < -0.4 is 9.62 Å². The second-order valence-corrected chi connectivity index (χ2v) is 13.3. The summed E-state index contributed by atoms with van der Waals surface area (Å²) in [5.41, 5.74) is 2.80. The van der Waals surface area contributed by atoms with E-state index in [-0.39, 0.29) is 35.5 Å². The Labute approximate surface area is 264 Å². The number of sulfonamides is 1. The van der Waals surface area contributed by atoms with Crippen molar-refractivity contribution in [3.8, 4) is 0 Å². The smallest absolute Gasteiger partial charge is 0.264 e. The molecule has 0 spiro atoms. The van der Waals surface area contributed by atoms with Gasteiger partial charge in [-0.15, -0.1) is 0 Å². The Kier molecular flexibility index (Phi) is 10.3. The second kappa shape index (κ2) is 14.5. The van der Waals surface area contributed by atoms with Crippen molar-refractivity contribution in [3.63, 3.8) is 0 Å². The van der Waals surface area contributed by atoms with Gasteiger partial charge >= 0.3 is 0 Å². The summed E-state index contributed by atoms with van der Waals surface area (Å²) >= 11 is 0. The Bertz CT molecular complexity index is 1690. The first-order valence-corrected chi connectivity index (χ1v) is 16.7. The third-order valence-corrected chi connectivity index (χ3v) is 10.1. The number of anilines is 1. The fraction of sp³-hybridized carbons (Fsp3) is 0.278. The fourth-order valence-electron chi connectivity index (χ4n) is 5.75. The van der Waals surface area contributed by atoms with Crippen LogP contribution >= 0.6 is 0 Å². The van der Waals surface area contributed by atoms with Crippen LogP contribution in [0.3, 0.4) is 0 Å². The van der Waals surface area contributed by atoms with Gasteiger partial charge in [0.15, 0.2) is 0 Å². The van der Waals surface area contributed by atoms with Crippen LogP contribution in [0.5, 0.6) is 0 Å². The highest BCUT2D eigenvalue weighted by Gasteiger charge is 2.35. The molecule has 0 aromatic heterocycles. The number of amides is 2. The lowest BCUT2D eigenvalue weighted by atomic mass is 10.0. The summed E-state index contributed by atoms with van der Waals surface area (Å²) in [5, 5.41) is 3.18. The van der Waals surface area contributed by atoms with Gasteiger partial charge in [0.1, 0.15) is 18.4 Å². The fourth-order valence-corrected chi connectivity index (χ4v) is 7.18. The first kappa shape index (κ1) is 31.9. The van der Waals surface area contributed by atoms with Crippen molar-refractivity contribution in [3.05, 3.63) is 132 Å². The van der Waals surface area contributed by atoms with Crippen molar-refractivity contribution in [2.45, 2.75) is 62.6 Å². The molecule has 2 amide bonds. The highest BCUT2D eigenvalue weighted by molar-refractivity contribution is 7.92. The van der Waals surface area contributed by atoms with Gasteiger partial charge in [0, 0.05) is 19.0 Å². The number of halogens is 1. The van der Waals surface area contributed by atoms with Gasteiger partial charge in [0.25, 0.3) is 10.0 Å². The maximum absolute atomic E-state index is 14.5. The zero-order chi connectivity index (χ0) is 31.8. The summed E-state index contributed by atoms with van der Waals surface area (Å²) in [6, 6.07) is 29.0. The van der Waals surface area contributed by atoms with E-state index in [2.05, 4.69) is 5.32 Å². The van der Waals surface area contributed by atoms with Crippen LogP contribution in [-0.2, 0) is 32.6 Å². The maximum Gasteiger partial charge on any atom is 0.264 e. The molecule has 1 fully saturated rings. The molecule has 0 saturated heterocycles. The number of hydrogen-bond donors (Lipinski definition) is 1. The molecule has 0 heterocycles. The molecule has 1 atom stereocenters. The standard InChI is InChI=1S/C36H38FN3O4S/c1-27-12-8-9-15-29(27)25-39(34(24-28-13-4-2-5-14-28)36(42)38-31-16-10-11-17-31)35(41)26-40(32-22-20-30(37)21-23-32)45(43,44)33-18-6-3-7-19-33/h2-9,12-15,18-23,31,34H,10-11,16-17,24-26H2,1H3,(H,38,42)/t34-/m1/s1. The monoisotopic (exact) mass is 627 g/mol. The number of benzene rings is 4. The van der Waals surface area contributed by atoms with Gasteiger partial charge in [0.2, 0.25) is 11.8 Å². The third-order valence-electron chi connectivity index (χ3n) is 8.30. The second-order valence-electron chi connectivity index (χ2n) is 11.4. The van der Waals surface area contributed by atoms with E-state index >= 15 is 0 Å². The lowest BCUT2D eigenvalue weighted by molar-refractivity contribution is -0.140. The van der Waals surface area contributed by atoms with Crippen LogP contribution in [0, 0.1) is 12.7 Å². The van der Waals surface area contributed by atoms with Crippen molar-refractivity contribution >= 4 is 27.5 Å². The predicted molar refractivity (Wildman–Crippen MR) is 173 cm³/mol. The molecule has 4 aromatic carbocycles. The molecular formula is C36H38FN3O4S. The van der Waals surface area contributed by atoms with Crippen LogP contribution in [-0.4, -0.2) is 43.8 Å². The Morgan fingerprint density at radius 1 is 0.844 bits per heavy atom. The predicted octanol–water partition coefficient (Wildman–Crippen LogP) is 6.03. The summed E-state index contributed by atoms with van der Waals surface area (Å²) in [6.45, 7) is 1.45. The summed E-state index contributed by atoms with van der Waals surface area (Å²) in [4.78, 5) is 30.1. The molecule has 0 radical (unpaired) electrons. The Morgan fingerprint density at radius 3 is 2.09 bits per heavy atom. The molecule has 4 aromatic rings. The molecule has 1 saturated carbocycles. The van der Waals surface area contributed by atoms with Crippen molar-refractivity contribution in [2.24, 2.45) is 0 Å². The van der Waals surface area contributed by atoms with Gasteiger partial charge < -0.3 is 10.2 Å². The lowest BCUT2D eigenvalue weighted by Gasteiger charge is -2.34. The Hall–Kier alpha value is -4.50. The minimum atomic E-state index is -4.24. The third kappa shape index (κ3) is 7.97. The molecule has 234 valence electrons. The maximum atomic E-state index is 14.5. The summed E-state index contributed by atoms with van der Waals surface area (Å²) < 4.78 is 42.9. The average molecular weight is 628 g/mol. The topological polar surface area (TPSA) is 86.8 Å². The van der Waals surface area contributed by atoms with Crippen molar-refractivity contribution < 1.29 is 22.4 Å². The van der Waals surface area contributed by atoms with Gasteiger partial charge in [0.05, 0.1) is 10.6 Å². The van der Waals surface area contributed by atoms with Crippen molar-refractivity contribution in [2.75, 3.05) is 10.8 Å². The average Bonchev–Trinajstić information content (AvgIpc) is 3.56. The van der Waals surface area contributed by atoms with Crippen LogP contribution in [0.1, 0.15) is 42.4 Å². The van der Waals surface area contributed by atoms with E-state index in [0.29, 0.717) is 0 Å². The normalized spacial score (nSPS) is 14.1. The van der Waals surface area contributed by atoms with E-state index in [9.17, 15) is 22.4 Å². The van der Waals surface area contributed by atoms with E-state index in [0.717, 1.165) is 58.8 Å². The van der Waals surface area contributed by atoms with Crippen LogP contribution in [0.2, 0.25) is 0 Å². The zero-order valence-corrected chi connectivity index (χ0v) is 26.1. The van der Waals surface area contributed by atoms with Crippen molar-refractivity contribution in [1.29, 1.82) is 0 Å². The number of carbonyl (C=O) groups excluding carboxylic acids is 2. The lowest BCUT2D eigenvalue weighted by Crippen LogP contribution is -2.54. The van der Waals surface area contributed by atoms with E-state index in [1.165, 1.54) is 29.2 Å². The van der Waals surface area contributed by atoms with Crippen LogP contribution in [0.4, 0.5) is 10.1 Å². The number of nitrogens with zero attached hydrogens (tertiary/aromatic N) is 2. The molecule has 1 aliphatic rings. The molecule has 45 heavy (non-hydrogen) atoms. The highest BCUT2D eigenvalue weighted by Crippen LogP contribution is 2.26. The minimum absolute atomic E-state index is 0.00705. The summed E-state index contributed by atoms with van der Waals surface area (Å²) in [5.74, 6) is -1.36. The van der Waals surface area contributed by atoms with Gasteiger partial charge in [-0.3, -0.25) is 13.9 Å². The van der Waals surface area contributed by atoms with Crippen LogP contribution in [0.25, 0.3) is 0 Å². The first-order valence-electron chi connectivity index (χ1n) is 15.2.